The third-order valence-electron chi connectivity index (χ3n) is 3.38. The number of rotatable bonds is 4. The van der Waals surface area contributed by atoms with Crippen LogP contribution in [0.1, 0.15) is 17.0 Å². The number of nitrogens with zero attached hydrogens (tertiary/aromatic N) is 2. The molecule has 0 aliphatic carbocycles. The van der Waals surface area contributed by atoms with E-state index in [1.165, 1.54) is 0 Å². The highest BCUT2D eigenvalue weighted by atomic mass is 16.5. The molecule has 1 aromatic carbocycles. The Morgan fingerprint density at radius 1 is 1.26 bits per heavy atom. The van der Waals surface area contributed by atoms with Gasteiger partial charge in [-0.3, -0.25) is 0 Å². The lowest BCUT2D eigenvalue weighted by molar-refractivity contribution is 0.295. The van der Waals surface area contributed by atoms with Crippen molar-refractivity contribution in [2.24, 2.45) is 7.05 Å². The van der Waals surface area contributed by atoms with Crippen LogP contribution < -0.4 is 4.74 Å². The Morgan fingerprint density at radius 3 is 2.42 bits per heavy atom. The minimum absolute atomic E-state index is 0.116. The first-order chi connectivity index (χ1) is 9.08. The van der Waals surface area contributed by atoms with E-state index >= 15 is 0 Å². The van der Waals surface area contributed by atoms with E-state index in [0.29, 0.717) is 6.42 Å². The van der Waals surface area contributed by atoms with E-state index in [-0.39, 0.29) is 6.61 Å². The van der Waals surface area contributed by atoms with Gasteiger partial charge in [0.05, 0.1) is 25.6 Å². The van der Waals surface area contributed by atoms with Gasteiger partial charge in [-0.2, -0.15) is 0 Å². The van der Waals surface area contributed by atoms with E-state index in [1.54, 1.807) is 7.11 Å². The number of hydrogen-bond acceptors (Lipinski definition) is 3. The Balaban J connectivity index is 2.48. The van der Waals surface area contributed by atoms with Crippen molar-refractivity contribution in [3.8, 4) is 17.0 Å². The van der Waals surface area contributed by atoms with Gasteiger partial charge in [0, 0.05) is 19.0 Å². The number of aliphatic hydroxyl groups excluding tert-OH is 1. The van der Waals surface area contributed by atoms with E-state index in [1.807, 2.05) is 31.7 Å². The molecule has 0 fully saturated rings. The van der Waals surface area contributed by atoms with Crippen LogP contribution in [0.4, 0.5) is 0 Å². The topological polar surface area (TPSA) is 47.3 Å². The Bertz CT molecular complexity index is 565. The van der Waals surface area contributed by atoms with E-state index in [4.69, 9.17) is 9.84 Å². The van der Waals surface area contributed by atoms with Gasteiger partial charge in [0.2, 0.25) is 0 Å². The zero-order valence-electron chi connectivity index (χ0n) is 11.9. The molecule has 0 unspecified atom stereocenters. The molecule has 4 heteroatoms. The fourth-order valence-electron chi connectivity index (χ4n) is 2.47. The quantitative estimate of drug-likeness (QED) is 0.917. The molecule has 0 radical (unpaired) electrons. The van der Waals surface area contributed by atoms with Crippen LogP contribution in [0.3, 0.4) is 0 Å². The molecule has 2 rings (SSSR count). The monoisotopic (exact) mass is 260 g/mol. The number of methoxy groups -OCH3 is 1. The van der Waals surface area contributed by atoms with Crippen molar-refractivity contribution in [1.29, 1.82) is 0 Å². The van der Waals surface area contributed by atoms with Crippen LogP contribution in [0.25, 0.3) is 11.3 Å². The molecule has 0 atom stereocenters. The van der Waals surface area contributed by atoms with Gasteiger partial charge in [0.15, 0.2) is 0 Å². The lowest BCUT2D eigenvalue weighted by Gasteiger charge is -2.12. The fraction of sp³-hybridized carbons (Fsp3) is 0.400. The van der Waals surface area contributed by atoms with Crippen LogP contribution in [0, 0.1) is 13.8 Å². The molecule has 19 heavy (non-hydrogen) atoms. The largest absolute Gasteiger partial charge is 0.496 e. The second kappa shape index (κ2) is 5.45. The van der Waals surface area contributed by atoms with Crippen molar-refractivity contribution in [3.63, 3.8) is 0 Å². The zero-order valence-corrected chi connectivity index (χ0v) is 11.9. The van der Waals surface area contributed by atoms with Crippen LogP contribution >= 0.6 is 0 Å². The molecule has 0 aliphatic heterocycles. The van der Waals surface area contributed by atoms with Crippen molar-refractivity contribution < 1.29 is 9.84 Å². The highest BCUT2D eigenvalue weighted by molar-refractivity contribution is 5.64. The summed E-state index contributed by atoms with van der Waals surface area (Å²) in [7, 11) is 3.67. The molecule has 2 aromatic rings. The molecule has 0 amide bonds. The lowest BCUT2D eigenvalue weighted by atomic mass is 10.0. The number of imidazole rings is 1. The minimum Gasteiger partial charge on any atom is -0.496 e. The van der Waals surface area contributed by atoms with Crippen LogP contribution in [-0.2, 0) is 13.5 Å². The summed E-state index contributed by atoms with van der Waals surface area (Å²) in [5, 5.41) is 9.01. The van der Waals surface area contributed by atoms with E-state index in [0.717, 1.165) is 34.0 Å². The average Bonchev–Trinajstić information content (AvgIpc) is 2.71. The summed E-state index contributed by atoms with van der Waals surface area (Å²) in [5.74, 6) is 1.82. The number of aryl methyl sites for hydroxylation is 2. The molecule has 1 heterocycles. The predicted molar refractivity (Wildman–Crippen MR) is 75.5 cm³/mol. The van der Waals surface area contributed by atoms with Gasteiger partial charge in [-0.05, 0) is 37.1 Å². The number of aliphatic hydroxyl groups is 1. The second-order valence-corrected chi connectivity index (χ2v) is 4.74. The first-order valence-corrected chi connectivity index (χ1v) is 6.35. The molecule has 0 bridgehead atoms. The summed E-state index contributed by atoms with van der Waals surface area (Å²) in [4.78, 5) is 4.36. The van der Waals surface area contributed by atoms with Gasteiger partial charge in [0.25, 0.3) is 0 Å². The molecule has 1 N–H and O–H groups in total. The summed E-state index contributed by atoms with van der Waals surface area (Å²) in [6.07, 6.45) is 2.43. The second-order valence-electron chi connectivity index (χ2n) is 4.74. The highest BCUT2D eigenvalue weighted by Gasteiger charge is 2.11. The summed E-state index contributed by atoms with van der Waals surface area (Å²) < 4.78 is 7.41. The normalized spacial score (nSPS) is 10.8. The number of aromatic nitrogens is 2. The summed E-state index contributed by atoms with van der Waals surface area (Å²) in [6.45, 7) is 4.20. The summed E-state index contributed by atoms with van der Waals surface area (Å²) >= 11 is 0. The fourth-order valence-corrected chi connectivity index (χ4v) is 2.47. The lowest BCUT2D eigenvalue weighted by Crippen LogP contribution is -2.02. The van der Waals surface area contributed by atoms with Crippen molar-refractivity contribution in [2.45, 2.75) is 20.3 Å². The molecule has 0 saturated carbocycles. The Labute approximate surface area is 113 Å². The first-order valence-electron chi connectivity index (χ1n) is 6.35. The van der Waals surface area contributed by atoms with Crippen molar-refractivity contribution in [2.75, 3.05) is 13.7 Å². The van der Waals surface area contributed by atoms with E-state index < -0.39 is 0 Å². The third kappa shape index (κ3) is 2.49. The third-order valence-corrected chi connectivity index (χ3v) is 3.38. The summed E-state index contributed by atoms with van der Waals surface area (Å²) in [6, 6.07) is 4.21. The number of hydrogen-bond donors (Lipinski definition) is 1. The highest BCUT2D eigenvalue weighted by Crippen LogP contribution is 2.30. The maximum absolute atomic E-state index is 9.01. The molecule has 102 valence electrons. The van der Waals surface area contributed by atoms with E-state index in [2.05, 4.69) is 17.1 Å². The minimum atomic E-state index is 0.116. The smallest absolute Gasteiger partial charge is 0.124 e. The van der Waals surface area contributed by atoms with Crippen LogP contribution in [-0.4, -0.2) is 28.4 Å². The molecule has 4 nitrogen and oxygen atoms in total. The van der Waals surface area contributed by atoms with Gasteiger partial charge in [-0.15, -0.1) is 0 Å². The van der Waals surface area contributed by atoms with Gasteiger partial charge in [0.1, 0.15) is 11.6 Å². The van der Waals surface area contributed by atoms with Crippen LogP contribution in [0.2, 0.25) is 0 Å². The van der Waals surface area contributed by atoms with Crippen LogP contribution in [0.5, 0.6) is 5.75 Å². The van der Waals surface area contributed by atoms with Gasteiger partial charge in [-0.1, -0.05) is 0 Å². The average molecular weight is 260 g/mol. The Kier molecular flexibility index (Phi) is 3.90. The Morgan fingerprint density at radius 2 is 1.89 bits per heavy atom. The van der Waals surface area contributed by atoms with Crippen molar-refractivity contribution in [3.05, 3.63) is 35.3 Å². The maximum Gasteiger partial charge on any atom is 0.124 e. The van der Waals surface area contributed by atoms with E-state index in [9.17, 15) is 0 Å². The number of benzene rings is 1. The van der Waals surface area contributed by atoms with Crippen molar-refractivity contribution in [1.82, 2.24) is 9.55 Å². The van der Waals surface area contributed by atoms with Gasteiger partial charge in [-0.25, -0.2) is 4.98 Å². The number of ether oxygens (including phenoxy) is 1. The first kappa shape index (κ1) is 13.6. The zero-order chi connectivity index (χ0) is 14.0. The van der Waals surface area contributed by atoms with Crippen LogP contribution in [0.15, 0.2) is 18.3 Å². The molecule has 0 saturated heterocycles. The van der Waals surface area contributed by atoms with Gasteiger partial charge < -0.3 is 14.4 Å². The Hall–Kier alpha value is -1.81. The molecule has 0 aliphatic rings. The maximum atomic E-state index is 9.01. The molecule has 1 aromatic heterocycles. The van der Waals surface area contributed by atoms with Gasteiger partial charge >= 0.3 is 0 Å². The standard InChI is InChI=1S/C15H20N2O2/c1-10-7-12(8-11(2)15(10)19-4)13-9-16-14(5-6-18)17(13)3/h7-9,18H,5-6H2,1-4H3. The SMILES string of the molecule is COc1c(C)cc(-c2cnc(CCO)n2C)cc1C. The molecular weight excluding hydrogens is 240 g/mol. The van der Waals surface area contributed by atoms with Crippen molar-refractivity contribution >= 4 is 0 Å². The predicted octanol–water partition coefficient (Wildman–Crippen LogP) is 2.25. The molecule has 0 spiro atoms. The molecular formula is C15H20N2O2. The summed E-state index contributed by atoms with van der Waals surface area (Å²) in [5.41, 5.74) is 4.40.